The maximum Gasteiger partial charge on any atom is 0.272 e. The van der Waals surface area contributed by atoms with E-state index in [0.717, 1.165) is 30.8 Å². The van der Waals surface area contributed by atoms with Gasteiger partial charge in [-0.2, -0.15) is 5.10 Å². The van der Waals surface area contributed by atoms with Gasteiger partial charge in [0.1, 0.15) is 11.4 Å². The van der Waals surface area contributed by atoms with E-state index in [-0.39, 0.29) is 42.3 Å². The standard InChI is InChI=1S/C25H31ClN6O4S/c1-15(2)30-8-5-16(6-9-30)27-24(34)19-12-20(25(35)31-10-7-18(33)14-31)32(28-19)13-17-11-21(36-29-17)22-3-4-23(26)37-22/h3-4,11-12,15-16,18,33H,5-10,13-14H2,1-2H3,(H,27,34). The Labute approximate surface area is 224 Å². The molecule has 0 bridgehead atoms. The van der Waals surface area contributed by atoms with Crippen LogP contribution in [0.25, 0.3) is 10.6 Å². The van der Waals surface area contributed by atoms with Gasteiger partial charge in [0.2, 0.25) is 0 Å². The van der Waals surface area contributed by atoms with E-state index in [9.17, 15) is 14.7 Å². The van der Waals surface area contributed by atoms with Gasteiger partial charge < -0.3 is 24.7 Å². The summed E-state index contributed by atoms with van der Waals surface area (Å²) in [5.74, 6) is -0.00581. The molecule has 37 heavy (non-hydrogen) atoms. The molecule has 2 aliphatic heterocycles. The van der Waals surface area contributed by atoms with Gasteiger partial charge in [-0.3, -0.25) is 14.3 Å². The molecular formula is C25H31ClN6O4S. The molecule has 2 saturated heterocycles. The number of thiophene rings is 1. The molecule has 0 aliphatic carbocycles. The fraction of sp³-hybridized carbons (Fsp3) is 0.520. The van der Waals surface area contributed by atoms with Gasteiger partial charge in [0, 0.05) is 50.4 Å². The van der Waals surface area contributed by atoms with E-state index in [1.165, 1.54) is 22.1 Å². The number of carbonyl (C=O) groups is 2. The Morgan fingerprint density at radius 2 is 2.00 bits per heavy atom. The maximum absolute atomic E-state index is 13.3. The van der Waals surface area contributed by atoms with Crippen molar-refractivity contribution in [1.82, 2.24) is 30.1 Å². The Hall–Kier alpha value is -2.73. The summed E-state index contributed by atoms with van der Waals surface area (Å²) in [6.07, 6.45) is 1.72. The number of amides is 2. The molecule has 12 heteroatoms. The number of hydrogen-bond acceptors (Lipinski definition) is 8. The molecule has 1 atom stereocenters. The Kier molecular flexibility index (Phi) is 7.66. The van der Waals surface area contributed by atoms with Crippen molar-refractivity contribution in [2.75, 3.05) is 26.2 Å². The number of nitrogens with zero attached hydrogens (tertiary/aromatic N) is 5. The van der Waals surface area contributed by atoms with Crippen molar-refractivity contribution in [2.45, 2.75) is 57.8 Å². The van der Waals surface area contributed by atoms with E-state index < -0.39 is 6.10 Å². The number of hydrogen-bond donors (Lipinski definition) is 2. The summed E-state index contributed by atoms with van der Waals surface area (Å²) in [6.45, 7) is 7.08. The molecule has 0 aromatic carbocycles. The first-order valence-electron chi connectivity index (χ1n) is 12.6. The molecule has 3 aromatic rings. The molecule has 0 spiro atoms. The highest BCUT2D eigenvalue weighted by Crippen LogP contribution is 2.31. The predicted octanol–water partition coefficient (Wildman–Crippen LogP) is 3.11. The lowest BCUT2D eigenvalue weighted by molar-refractivity contribution is 0.0753. The van der Waals surface area contributed by atoms with Gasteiger partial charge >= 0.3 is 0 Å². The van der Waals surface area contributed by atoms with Crippen LogP contribution in [0.1, 0.15) is 59.8 Å². The summed E-state index contributed by atoms with van der Waals surface area (Å²) in [7, 11) is 0. The Balaban J connectivity index is 1.34. The van der Waals surface area contributed by atoms with E-state index in [4.69, 9.17) is 16.1 Å². The number of aromatic nitrogens is 3. The third-order valence-corrected chi connectivity index (χ3v) is 8.21. The van der Waals surface area contributed by atoms with Crippen LogP contribution in [0.3, 0.4) is 0 Å². The van der Waals surface area contributed by atoms with Crippen molar-refractivity contribution in [1.29, 1.82) is 0 Å². The summed E-state index contributed by atoms with van der Waals surface area (Å²) >= 11 is 7.42. The second kappa shape index (κ2) is 10.9. The number of likely N-dealkylation sites (tertiary alicyclic amines) is 2. The largest absolute Gasteiger partial charge is 0.391 e. The summed E-state index contributed by atoms with van der Waals surface area (Å²) in [5, 5.41) is 21.6. The first kappa shape index (κ1) is 25.9. The minimum Gasteiger partial charge on any atom is -0.391 e. The van der Waals surface area contributed by atoms with Crippen LogP contribution in [0.4, 0.5) is 0 Å². The quantitative estimate of drug-likeness (QED) is 0.467. The SMILES string of the molecule is CC(C)N1CCC(NC(=O)c2cc(C(=O)N3CCC(O)C3)n(Cc3cc(-c4ccc(Cl)s4)on3)n2)CC1. The number of aliphatic hydroxyl groups is 1. The molecule has 2 aliphatic rings. The summed E-state index contributed by atoms with van der Waals surface area (Å²) < 4.78 is 7.62. The van der Waals surface area contributed by atoms with Crippen molar-refractivity contribution >= 4 is 34.8 Å². The Morgan fingerprint density at radius 1 is 1.22 bits per heavy atom. The van der Waals surface area contributed by atoms with Gasteiger partial charge in [-0.05, 0) is 45.2 Å². The summed E-state index contributed by atoms with van der Waals surface area (Å²) in [6, 6.07) is 7.50. The van der Waals surface area contributed by atoms with Crippen molar-refractivity contribution < 1.29 is 19.2 Å². The first-order valence-corrected chi connectivity index (χ1v) is 13.8. The average Bonchev–Trinajstić information content (AvgIpc) is 3.67. The van der Waals surface area contributed by atoms with Gasteiger partial charge in [-0.25, -0.2) is 0 Å². The second-order valence-corrected chi connectivity index (χ2v) is 11.6. The fourth-order valence-corrected chi connectivity index (χ4v) is 5.82. The predicted molar refractivity (Wildman–Crippen MR) is 140 cm³/mol. The monoisotopic (exact) mass is 546 g/mol. The third kappa shape index (κ3) is 5.90. The lowest BCUT2D eigenvalue weighted by Gasteiger charge is -2.34. The molecule has 198 valence electrons. The molecule has 10 nitrogen and oxygen atoms in total. The van der Waals surface area contributed by atoms with Crippen LogP contribution in [0, 0.1) is 0 Å². The molecule has 5 rings (SSSR count). The topological polar surface area (TPSA) is 117 Å². The van der Waals surface area contributed by atoms with Crippen molar-refractivity contribution in [2.24, 2.45) is 0 Å². The summed E-state index contributed by atoms with van der Waals surface area (Å²) in [4.78, 5) is 31.3. The van der Waals surface area contributed by atoms with Crippen LogP contribution in [0.15, 0.2) is 28.8 Å². The van der Waals surface area contributed by atoms with Gasteiger partial charge in [0.25, 0.3) is 11.8 Å². The van der Waals surface area contributed by atoms with Crippen LogP contribution in [-0.2, 0) is 6.54 Å². The second-order valence-electron chi connectivity index (χ2n) is 9.93. The first-order chi connectivity index (χ1) is 17.8. The van der Waals surface area contributed by atoms with Crippen LogP contribution >= 0.6 is 22.9 Å². The van der Waals surface area contributed by atoms with E-state index in [1.807, 2.05) is 6.07 Å². The third-order valence-electron chi connectivity index (χ3n) is 6.96. The molecule has 5 heterocycles. The molecule has 1 unspecified atom stereocenters. The molecule has 2 N–H and O–H groups in total. The highest BCUT2D eigenvalue weighted by atomic mass is 35.5. The number of carbonyl (C=O) groups excluding carboxylic acids is 2. The lowest BCUT2D eigenvalue weighted by Crippen LogP contribution is -2.46. The minimum absolute atomic E-state index is 0.0660. The maximum atomic E-state index is 13.3. The molecular weight excluding hydrogens is 516 g/mol. The van der Waals surface area contributed by atoms with E-state index in [0.29, 0.717) is 34.8 Å². The normalized spacial score (nSPS) is 19.2. The van der Waals surface area contributed by atoms with Gasteiger partial charge in [-0.1, -0.05) is 16.8 Å². The van der Waals surface area contributed by atoms with Crippen LogP contribution < -0.4 is 5.32 Å². The lowest BCUT2D eigenvalue weighted by atomic mass is 10.0. The van der Waals surface area contributed by atoms with Crippen LogP contribution in [0.5, 0.6) is 0 Å². The fourth-order valence-electron chi connectivity index (χ4n) is 4.83. The Morgan fingerprint density at radius 3 is 2.65 bits per heavy atom. The zero-order valence-electron chi connectivity index (χ0n) is 20.9. The van der Waals surface area contributed by atoms with Gasteiger partial charge in [0.05, 0.1) is 21.9 Å². The number of piperidine rings is 1. The number of rotatable bonds is 7. The number of nitrogens with one attached hydrogen (secondary N) is 1. The van der Waals surface area contributed by atoms with Crippen molar-refractivity contribution in [3.63, 3.8) is 0 Å². The highest BCUT2D eigenvalue weighted by molar-refractivity contribution is 7.19. The average molecular weight is 547 g/mol. The van der Waals surface area contributed by atoms with Crippen molar-refractivity contribution in [3.8, 4) is 10.6 Å². The number of β-amino-alcohol motifs (C(OH)–C–C–N with tert-alkyl or cyclic N) is 1. The van der Waals surface area contributed by atoms with Gasteiger partial charge in [-0.15, -0.1) is 11.3 Å². The van der Waals surface area contributed by atoms with Crippen LogP contribution in [-0.4, -0.2) is 86.0 Å². The zero-order chi connectivity index (χ0) is 26.1. The molecule has 3 aromatic heterocycles. The van der Waals surface area contributed by atoms with Crippen LogP contribution in [0.2, 0.25) is 4.34 Å². The molecule has 2 fully saturated rings. The smallest absolute Gasteiger partial charge is 0.272 e. The van der Waals surface area contributed by atoms with Crippen molar-refractivity contribution in [3.05, 3.63) is 45.7 Å². The summed E-state index contributed by atoms with van der Waals surface area (Å²) in [5.41, 5.74) is 1.02. The molecule has 2 amide bonds. The number of halogens is 1. The van der Waals surface area contributed by atoms with E-state index in [2.05, 4.69) is 34.3 Å². The molecule has 0 saturated carbocycles. The highest BCUT2D eigenvalue weighted by Gasteiger charge is 2.30. The van der Waals surface area contributed by atoms with Gasteiger partial charge in [0.15, 0.2) is 11.5 Å². The minimum atomic E-state index is -0.546. The van der Waals surface area contributed by atoms with E-state index in [1.54, 1.807) is 17.0 Å². The zero-order valence-corrected chi connectivity index (χ0v) is 22.5. The number of aliphatic hydroxyl groups excluding tert-OH is 1. The Bertz CT molecular complexity index is 1260. The molecule has 0 radical (unpaired) electrons. The van der Waals surface area contributed by atoms with E-state index >= 15 is 0 Å².